The number of thioether (sulfide) groups is 1. The molecule has 0 atom stereocenters. The van der Waals surface area contributed by atoms with E-state index in [-0.39, 0.29) is 17.9 Å². The van der Waals surface area contributed by atoms with Gasteiger partial charge in [0, 0.05) is 19.2 Å². The number of rotatable bonds is 6. The van der Waals surface area contributed by atoms with Crippen LogP contribution >= 0.6 is 11.8 Å². The van der Waals surface area contributed by atoms with Gasteiger partial charge in [-0.1, -0.05) is 42.1 Å². The molecule has 0 fully saturated rings. The van der Waals surface area contributed by atoms with E-state index in [9.17, 15) is 9.59 Å². The van der Waals surface area contributed by atoms with Crippen LogP contribution in [0.3, 0.4) is 0 Å². The van der Waals surface area contributed by atoms with Gasteiger partial charge in [-0.3, -0.25) is 14.3 Å². The molecule has 2 aromatic heterocycles. The Morgan fingerprint density at radius 2 is 1.86 bits per heavy atom. The van der Waals surface area contributed by atoms with Crippen molar-refractivity contribution in [3.05, 3.63) is 70.6 Å². The molecule has 4 rings (SSSR count). The highest BCUT2D eigenvalue weighted by atomic mass is 32.2. The molecule has 4 aromatic rings. The van der Waals surface area contributed by atoms with E-state index in [0.29, 0.717) is 17.1 Å². The minimum atomic E-state index is -0.241. The van der Waals surface area contributed by atoms with Gasteiger partial charge in [0.2, 0.25) is 5.91 Å². The first-order valence-corrected chi connectivity index (χ1v) is 10.2. The van der Waals surface area contributed by atoms with Gasteiger partial charge in [-0.15, -0.1) is 0 Å². The van der Waals surface area contributed by atoms with Gasteiger partial charge in [-0.25, -0.2) is 9.67 Å². The standard InChI is InChI=1S/C21H21N5O2S/c1-14-19(20(28)26(25(14)2)15-8-4-3-5-9-15)24-18(27)12-13-29-21-22-16-10-6-7-11-17(16)23-21/h3-11H,12-13H2,1-2H3,(H,22,23)(H,24,27). The minimum absolute atomic E-state index is 0.195. The molecule has 2 N–H and O–H groups in total. The molecule has 0 radical (unpaired) electrons. The molecular weight excluding hydrogens is 386 g/mol. The summed E-state index contributed by atoms with van der Waals surface area (Å²) in [6.07, 6.45) is 0.279. The molecule has 0 aliphatic carbocycles. The van der Waals surface area contributed by atoms with Crippen molar-refractivity contribution in [1.29, 1.82) is 0 Å². The summed E-state index contributed by atoms with van der Waals surface area (Å²) in [5, 5.41) is 3.56. The molecule has 0 bridgehead atoms. The van der Waals surface area contributed by atoms with Crippen LogP contribution in [0, 0.1) is 6.92 Å². The number of carbonyl (C=O) groups is 1. The summed E-state index contributed by atoms with van der Waals surface area (Å²) >= 11 is 1.48. The van der Waals surface area contributed by atoms with E-state index in [0.717, 1.165) is 21.9 Å². The van der Waals surface area contributed by atoms with Crippen molar-refractivity contribution < 1.29 is 4.79 Å². The van der Waals surface area contributed by atoms with Crippen LogP contribution in [0.4, 0.5) is 5.69 Å². The summed E-state index contributed by atoms with van der Waals surface area (Å²) in [5.74, 6) is 0.365. The quantitative estimate of drug-likeness (QED) is 0.479. The molecule has 0 aliphatic heterocycles. The number of hydrogen-bond acceptors (Lipinski definition) is 4. The van der Waals surface area contributed by atoms with E-state index in [1.807, 2.05) is 61.5 Å². The molecule has 2 heterocycles. The fraction of sp³-hybridized carbons (Fsp3) is 0.190. The Morgan fingerprint density at radius 1 is 1.14 bits per heavy atom. The zero-order valence-electron chi connectivity index (χ0n) is 16.2. The molecule has 0 saturated heterocycles. The maximum Gasteiger partial charge on any atom is 0.295 e. The Kier molecular flexibility index (Phi) is 5.26. The van der Waals surface area contributed by atoms with E-state index in [4.69, 9.17) is 0 Å². The molecular formula is C21H21N5O2S. The lowest BCUT2D eigenvalue weighted by Crippen LogP contribution is -2.23. The fourth-order valence-corrected chi connectivity index (χ4v) is 3.98. The maximum atomic E-state index is 12.8. The average Bonchev–Trinajstić information content (AvgIpc) is 3.23. The molecule has 8 heteroatoms. The third kappa shape index (κ3) is 3.84. The lowest BCUT2D eigenvalue weighted by Gasteiger charge is -2.07. The number of fused-ring (bicyclic) bond motifs is 1. The first-order chi connectivity index (χ1) is 14.0. The number of benzene rings is 2. The second-order valence-electron chi connectivity index (χ2n) is 6.64. The third-order valence-corrected chi connectivity index (χ3v) is 5.63. The van der Waals surface area contributed by atoms with Crippen LogP contribution < -0.4 is 10.9 Å². The van der Waals surface area contributed by atoms with E-state index >= 15 is 0 Å². The first-order valence-electron chi connectivity index (χ1n) is 9.26. The lowest BCUT2D eigenvalue weighted by molar-refractivity contribution is -0.115. The summed E-state index contributed by atoms with van der Waals surface area (Å²) in [6.45, 7) is 1.82. The van der Waals surface area contributed by atoms with Crippen LogP contribution in [-0.2, 0) is 11.8 Å². The van der Waals surface area contributed by atoms with Crippen molar-refractivity contribution in [3.8, 4) is 5.69 Å². The fourth-order valence-electron chi connectivity index (χ4n) is 3.15. The smallest absolute Gasteiger partial charge is 0.295 e. The molecule has 0 unspecified atom stereocenters. The monoisotopic (exact) mass is 407 g/mol. The summed E-state index contributed by atoms with van der Waals surface area (Å²) in [5.41, 5.74) is 3.41. The van der Waals surface area contributed by atoms with Crippen LogP contribution in [0.2, 0.25) is 0 Å². The van der Waals surface area contributed by atoms with Crippen molar-refractivity contribution in [1.82, 2.24) is 19.3 Å². The predicted molar refractivity (Wildman–Crippen MR) is 116 cm³/mol. The normalized spacial score (nSPS) is 11.1. The van der Waals surface area contributed by atoms with E-state index in [1.54, 1.807) is 16.4 Å². The third-order valence-electron chi connectivity index (χ3n) is 4.75. The number of para-hydroxylation sites is 3. The molecule has 29 heavy (non-hydrogen) atoms. The van der Waals surface area contributed by atoms with Crippen LogP contribution in [0.25, 0.3) is 16.7 Å². The van der Waals surface area contributed by atoms with Crippen molar-refractivity contribution >= 4 is 34.4 Å². The highest BCUT2D eigenvalue weighted by molar-refractivity contribution is 7.99. The Hall–Kier alpha value is -3.26. The molecule has 0 spiro atoms. The van der Waals surface area contributed by atoms with Crippen LogP contribution in [0.15, 0.2) is 64.5 Å². The van der Waals surface area contributed by atoms with Crippen LogP contribution in [0.5, 0.6) is 0 Å². The van der Waals surface area contributed by atoms with Crippen LogP contribution in [-0.4, -0.2) is 31.0 Å². The van der Waals surface area contributed by atoms with Crippen molar-refractivity contribution in [2.45, 2.75) is 18.5 Å². The zero-order valence-corrected chi connectivity index (χ0v) is 17.0. The predicted octanol–water partition coefficient (Wildman–Crippen LogP) is 3.48. The number of H-pyrrole nitrogens is 1. The topological polar surface area (TPSA) is 84.7 Å². The summed E-state index contributed by atoms with van der Waals surface area (Å²) < 4.78 is 3.30. The van der Waals surface area contributed by atoms with Gasteiger partial charge in [0.25, 0.3) is 5.56 Å². The Bertz CT molecular complexity index is 1190. The van der Waals surface area contributed by atoms with E-state index < -0.39 is 0 Å². The molecule has 7 nitrogen and oxygen atoms in total. The number of nitrogens with one attached hydrogen (secondary N) is 2. The number of carbonyl (C=O) groups excluding carboxylic acids is 1. The first kappa shape index (κ1) is 19.1. The largest absolute Gasteiger partial charge is 0.333 e. The number of hydrogen-bond donors (Lipinski definition) is 2. The molecule has 2 aromatic carbocycles. The number of amides is 1. The maximum absolute atomic E-state index is 12.8. The second-order valence-corrected chi connectivity index (χ2v) is 7.73. The van der Waals surface area contributed by atoms with E-state index in [1.165, 1.54) is 11.8 Å². The number of anilines is 1. The van der Waals surface area contributed by atoms with Gasteiger partial charge in [0.05, 0.1) is 22.4 Å². The molecule has 0 aliphatic rings. The Morgan fingerprint density at radius 3 is 2.62 bits per heavy atom. The van der Waals surface area contributed by atoms with Crippen molar-refractivity contribution in [3.63, 3.8) is 0 Å². The van der Waals surface area contributed by atoms with Gasteiger partial charge in [-0.05, 0) is 31.2 Å². The molecule has 0 saturated carbocycles. The SMILES string of the molecule is Cc1c(NC(=O)CCSc2nc3ccccc3[nH]2)c(=O)n(-c2ccccc2)n1C. The summed E-state index contributed by atoms with van der Waals surface area (Å²) in [7, 11) is 1.80. The van der Waals surface area contributed by atoms with Crippen LogP contribution in [0.1, 0.15) is 12.1 Å². The molecule has 1 amide bonds. The average molecular weight is 407 g/mol. The number of aromatic nitrogens is 4. The Labute approximate surface area is 171 Å². The van der Waals surface area contributed by atoms with Gasteiger partial charge < -0.3 is 10.3 Å². The van der Waals surface area contributed by atoms with Crippen molar-refractivity contribution in [2.75, 3.05) is 11.1 Å². The van der Waals surface area contributed by atoms with Gasteiger partial charge in [0.15, 0.2) is 5.16 Å². The summed E-state index contributed by atoms with van der Waals surface area (Å²) in [4.78, 5) is 33.0. The molecule has 148 valence electrons. The van der Waals surface area contributed by atoms with Gasteiger partial charge in [-0.2, -0.15) is 0 Å². The Balaban J connectivity index is 1.42. The lowest BCUT2D eigenvalue weighted by atomic mass is 10.3. The number of aromatic amines is 1. The van der Waals surface area contributed by atoms with Crippen molar-refractivity contribution in [2.24, 2.45) is 7.05 Å². The van der Waals surface area contributed by atoms with Gasteiger partial charge >= 0.3 is 0 Å². The highest BCUT2D eigenvalue weighted by Gasteiger charge is 2.18. The second kappa shape index (κ2) is 8.00. The number of imidazole rings is 1. The zero-order chi connectivity index (χ0) is 20.4. The minimum Gasteiger partial charge on any atom is -0.333 e. The number of nitrogens with zero attached hydrogens (tertiary/aromatic N) is 3. The highest BCUT2D eigenvalue weighted by Crippen LogP contribution is 2.20. The van der Waals surface area contributed by atoms with Gasteiger partial charge in [0.1, 0.15) is 5.69 Å². The van der Waals surface area contributed by atoms with E-state index in [2.05, 4.69) is 15.3 Å². The summed E-state index contributed by atoms with van der Waals surface area (Å²) in [6, 6.07) is 17.2.